The van der Waals surface area contributed by atoms with Gasteiger partial charge in [0, 0.05) is 10.2 Å². The SMILES string of the molecule is Cc1cc(C)cc(Nc2ncnc(NNC(=O)c3ccccc3Br)c2N)c1. The van der Waals surface area contributed by atoms with Crippen molar-refractivity contribution in [2.45, 2.75) is 13.8 Å². The van der Waals surface area contributed by atoms with Crippen LogP contribution in [0.1, 0.15) is 21.5 Å². The van der Waals surface area contributed by atoms with Gasteiger partial charge < -0.3 is 11.1 Å². The Kier molecular flexibility index (Phi) is 5.56. The molecule has 0 bridgehead atoms. The van der Waals surface area contributed by atoms with Crippen LogP contribution in [0.4, 0.5) is 23.0 Å². The minimum atomic E-state index is -0.315. The third kappa shape index (κ3) is 4.53. The molecule has 138 valence electrons. The molecule has 0 spiro atoms. The summed E-state index contributed by atoms with van der Waals surface area (Å²) in [6.45, 7) is 4.04. The van der Waals surface area contributed by atoms with Crippen LogP contribution in [0.3, 0.4) is 0 Å². The maximum atomic E-state index is 12.3. The molecule has 8 heteroatoms. The number of nitrogen functional groups attached to an aromatic ring is 1. The number of carbonyl (C=O) groups excluding carboxylic acids is 1. The lowest BCUT2D eigenvalue weighted by molar-refractivity contribution is 0.0961. The molecule has 0 unspecified atom stereocenters. The maximum absolute atomic E-state index is 12.3. The highest BCUT2D eigenvalue weighted by Gasteiger charge is 2.12. The summed E-state index contributed by atoms with van der Waals surface area (Å²) >= 11 is 3.35. The number of anilines is 4. The van der Waals surface area contributed by atoms with Gasteiger partial charge in [-0.15, -0.1) is 0 Å². The summed E-state index contributed by atoms with van der Waals surface area (Å²) in [6, 6.07) is 13.2. The third-order valence-corrected chi connectivity index (χ3v) is 4.47. The molecular weight excluding hydrogens is 408 g/mol. The average molecular weight is 427 g/mol. The summed E-state index contributed by atoms with van der Waals surface area (Å²) in [5, 5.41) is 3.19. The number of aromatic nitrogens is 2. The van der Waals surface area contributed by atoms with Crippen LogP contribution < -0.4 is 21.9 Å². The van der Waals surface area contributed by atoms with Crippen molar-refractivity contribution in [1.82, 2.24) is 15.4 Å². The first-order valence-electron chi connectivity index (χ1n) is 8.20. The monoisotopic (exact) mass is 426 g/mol. The summed E-state index contributed by atoms with van der Waals surface area (Å²) in [4.78, 5) is 20.6. The number of nitrogens with zero attached hydrogens (tertiary/aromatic N) is 2. The summed E-state index contributed by atoms with van der Waals surface area (Å²) < 4.78 is 0.692. The van der Waals surface area contributed by atoms with Crippen LogP contribution in [0.5, 0.6) is 0 Å². The number of nitrogens with one attached hydrogen (secondary N) is 3. The van der Waals surface area contributed by atoms with Crippen LogP contribution in [-0.2, 0) is 0 Å². The van der Waals surface area contributed by atoms with Crippen LogP contribution in [0.15, 0.2) is 53.3 Å². The Balaban J connectivity index is 1.75. The van der Waals surface area contributed by atoms with Gasteiger partial charge in [-0.2, -0.15) is 0 Å². The standard InChI is InChI=1S/C19H19BrN6O/c1-11-7-12(2)9-13(8-11)24-17-16(21)18(23-10-22-17)25-26-19(27)14-5-3-4-6-15(14)20/h3-10H,21H2,1-2H3,(H,26,27)(H2,22,23,24,25). The normalized spacial score (nSPS) is 10.3. The number of benzene rings is 2. The fourth-order valence-corrected chi connectivity index (χ4v) is 3.07. The predicted molar refractivity (Wildman–Crippen MR) is 111 cm³/mol. The number of amides is 1. The molecule has 0 saturated carbocycles. The van der Waals surface area contributed by atoms with E-state index >= 15 is 0 Å². The molecule has 3 aromatic rings. The molecule has 0 radical (unpaired) electrons. The molecule has 1 aromatic heterocycles. The highest BCUT2D eigenvalue weighted by molar-refractivity contribution is 9.10. The second-order valence-electron chi connectivity index (χ2n) is 6.04. The number of halogens is 1. The predicted octanol–water partition coefficient (Wildman–Crippen LogP) is 3.94. The van der Waals surface area contributed by atoms with Crippen LogP contribution >= 0.6 is 15.9 Å². The van der Waals surface area contributed by atoms with Crippen LogP contribution in [0, 0.1) is 13.8 Å². The van der Waals surface area contributed by atoms with Gasteiger partial charge in [-0.3, -0.25) is 15.6 Å². The Morgan fingerprint density at radius 2 is 1.70 bits per heavy atom. The van der Waals surface area contributed by atoms with Crippen molar-refractivity contribution in [2.24, 2.45) is 0 Å². The Labute approximate surface area is 165 Å². The molecule has 27 heavy (non-hydrogen) atoms. The van der Waals surface area contributed by atoms with Gasteiger partial charge in [-0.25, -0.2) is 9.97 Å². The molecule has 1 amide bonds. The maximum Gasteiger partial charge on any atom is 0.270 e. The first kappa shape index (κ1) is 18.7. The largest absolute Gasteiger partial charge is 0.393 e. The second-order valence-corrected chi connectivity index (χ2v) is 6.90. The molecular formula is C19H19BrN6O. The zero-order chi connectivity index (χ0) is 19.4. The average Bonchev–Trinajstić information content (AvgIpc) is 2.62. The second kappa shape index (κ2) is 8.05. The number of hydrazine groups is 1. The quantitative estimate of drug-likeness (QED) is 0.460. The number of aryl methyl sites for hydroxylation is 2. The van der Waals surface area contributed by atoms with Gasteiger partial charge in [0.15, 0.2) is 11.6 Å². The molecule has 2 aromatic carbocycles. The Hall–Kier alpha value is -3.13. The molecule has 7 nitrogen and oxygen atoms in total. The fourth-order valence-electron chi connectivity index (χ4n) is 2.61. The van der Waals surface area contributed by atoms with Gasteiger partial charge in [0.25, 0.3) is 5.91 Å². The van der Waals surface area contributed by atoms with E-state index in [1.165, 1.54) is 6.33 Å². The van der Waals surface area contributed by atoms with Crippen molar-refractivity contribution in [1.29, 1.82) is 0 Å². The van der Waals surface area contributed by atoms with Crippen molar-refractivity contribution < 1.29 is 4.79 Å². The van der Waals surface area contributed by atoms with Gasteiger partial charge >= 0.3 is 0 Å². The molecule has 0 fully saturated rings. The number of rotatable bonds is 5. The van der Waals surface area contributed by atoms with E-state index < -0.39 is 0 Å². The lowest BCUT2D eigenvalue weighted by Crippen LogP contribution is -2.30. The first-order valence-corrected chi connectivity index (χ1v) is 9.00. The summed E-state index contributed by atoms with van der Waals surface area (Å²) in [5.41, 5.74) is 15.4. The fraction of sp³-hybridized carbons (Fsp3) is 0.105. The molecule has 0 saturated heterocycles. The number of carbonyl (C=O) groups is 1. The first-order chi connectivity index (χ1) is 12.9. The van der Waals surface area contributed by atoms with Crippen LogP contribution in [-0.4, -0.2) is 15.9 Å². The Bertz CT molecular complexity index is 971. The van der Waals surface area contributed by atoms with E-state index in [0.717, 1.165) is 16.8 Å². The lowest BCUT2D eigenvalue weighted by Gasteiger charge is -2.14. The number of hydrogen-bond acceptors (Lipinski definition) is 6. The summed E-state index contributed by atoms with van der Waals surface area (Å²) in [5.74, 6) is 0.439. The van der Waals surface area contributed by atoms with E-state index in [1.54, 1.807) is 18.2 Å². The molecule has 5 N–H and O–H groups in total. The Morgan fingerprint density at radius 3 is 2.41 bits per heavy atom. The van der Waals surface area contributed by atoms with Crippen molar-refractivity contribution in [3.05, 3.63) is 70.0 Å². The van der Waals surface area contributed by atoms with Gasteiger partial charge in [-0.1, -0.05) is 18.2 Å². The van der Waals surface area contributed by atoms with Gasteiger partial charge in [0.2, 0.25) is 0 Å². The van der Waals surface area contributed by atoms with E-state index in [2.05, 4.69) is 48.1 Å². The van der Waals surface area contributed by atoms with Gasteiger partial charge in [0.05, 0.1) is 5.56 Å². The highest BCUT2D eigenvalue weighted by Crippen LogP contribution is 2.26. The molecule has 0 aliphatic rings. The van der Waals surface area contributed by atoms with Crippen molar-refractivity contribution >= 4 is 44.8 Å². The van der Waals surface area contributed by atoms with E-state index in [-0.39, 0.29) is 5.91 Å². The number of nitrogens with two attached hydrogens (primary N) is 1. The lowest BCUT2D eigenvalue weighted by atomic mass is 10.1. The Morgan fingerprint density at radius 1 is 1.04 bits per heavy atom. The molecule has 3 rings (SSSR count). The van der Waals surface area contributed by atoms with Gasteiger partial charge in [-0.05, 0) is 65.2 Å². The molecule has 0 atom stereocenters. The third-order valence-electron chi connectivity index (χ3n) is 3.78. The van der Waals surface area contributed by atoms with Gasteiger partial charge in [0.1, 0.15) is 12.0 Å². The smallest absolute Gasteiger partial charge is 0.270 e. The molecule has 0 aliphatic carbocycles. The van der Waals surface area contributed by atoms with E-state index in [1.807, 2.05) is 32.0 Å². The minimum absolute atomic E-state index is 0.295. The van der Waals surface area contributed by atoms with Crippen LogP contribution in [0.2, 0.25) is 0 Å². The van der Waals surface area contributed by atoms with E-state index in [0.29, 0.717) is 27.4 Å². The zero-order valence-corrected chi connectivity index (χ0v) is 16.5. The van der Waals surface area contributed by atoms with Crippen molar-refractivity contribution in [3.8, 4) is 0 Å². The minimum Gasteiger partial charge on any atom is -0.393 e. The zero-order valence-electron chi connectivity index (χ0n) is 14.9. The number of hydrogen-bond donors (Lipinski definition) is 4. The topological polar surface area (TPSA) is 105 Å². The van der Waals surface area contributed by atoms with Crippen molar-refractivity contribution in [2.75, 3.05) is 16.5 Å². The highest BCUT2D eigenvalue weighted by atomic mass is 79.9. The van der Waals surface area contributed by atoms with Crippen LogP contribution in [0.25, 0.3) is 0 Å². The van der Waals surface area contributed by atoms with E-state index in [4.69, 9.17) is 5.73 Å². The summed E-state index contributed by atoms with van der Waals surface area (Å²) in [7, 11) is 0. The molecule has 0 aliphatic heterocycles. The summed E-state index contributed by atoms with van der Waals surface area (Å²) in [6.07, 6.45) is 1.37. The molecule has 1 heterocycles. The van der Waals surface area contributed by atoms with Crippen molar-refractivity contribution in [3.63, 3.8) is 0 Å². The van der Waals surface area contributed by atoms with E-state index in [9.17, 15) is 4.79 Å².